The molecule has 0 radical (unpaired) electrons. The van der Waals surface area contributed by atoms with E-state index in [4.69, 9.17) is 10.00 Å². The van der Waals surface area contributed by atoms with E-state index in [1.807, 2.05) is 18.2 Å². The molecule has 1 fully saturated rings. The van der Waals surface area contributed by atoms with Gasteiger partial charge < -0.3 is 9.64 Å². The predicted molar refractivity (Wildman–Crippen MR) is 113 cm³/mol. The SMILES string of the molecule is N#Cc1ccc(Oc2ccc(CCCC3CCCC4=NS(=O)CCN43)cc2)s1. The van der Waals surface area contributed by atoms with Gasteiger partial charge in [-0.25, -0.2) is 4.21 Å². The van der Waals surface area contributed by atoms with Crippen LogP contribution in [0.1, 0.15) is 42.5 Å². The third-order valence-corrected chi connectivity index (χ3v) is 7.07. The van der Waals surface area contributed by atoms with Crippen LogP contribution in [-0.2, 0) is 17.4 Å². The van der Waals surface area contributed by atoms with Crippen LogP contribution < -0.4 is 4.74 Å². The molecule has 2 aliphatic heterocycles. The first-order valence-electron chi connectivity index (χ1n) is 9.71. The van der Waals surface area contributed by atoms with Gasteiger partial charge in [0.1, 0.15) is 33.5 Å². The maximum atomic E-state index is 11.7. The zero-order chi connectivity index (χ0) is 19.3. The molecule has 2 aromatic rings. The Bertz CT molecular complexity index is 914. The van der Waals surface area contributed by atoms with Crippen LogP contribution in [0, 0.1) is 11.3 Å². The molecule has 3 heterocycles. The molecule has 1 saturated heterocycles. The van der Waals surface area contributed by atoms with E-state index in [9.17, 15) is 4.21 Å². The topological polar surface area (TPSA) is 65.7 Å². The van der Waals surface area contributed by atoms with E-state index in [-0.39, 0.29) is 0 Å². The summed E-state index contributed by atoms with van der Waals surface area (Å²) in [6.07, 6.45) is 6.66. The molecule has 2 atom stereocenters. The third kappa shape index (κ3) is 4.62. The van der Waals surface area contributed by atoms with Crippen LogP contribution in [0.4, 0.5) is 0 Å². The van der Waals surface area contributed by atoms with E-state index >= 15 is 0 Å². The lowest BCUT2D eigenvalue weighted by molar-refractivity contribution is 0.255. The molecule has 0 bridgehead atoms. The van der Waals surface area contributed by atoms with Crippen LogP contribution in [0.3, 0.4) is 0 Å². The molecule has 2 aliphatic rings. The lowest BCUT2D eigenvalue weighted by Gasteiger charge is -2.40. The van der Waals surface area contributed by atoms with E-state index < -0.39 is 11.0 Å². The van der Waals surface area contributed by atoms with Crippen molar-refractivity contribution in [2.45, 2.75) is 44.6 Å². The zero-order valence-corrected chi connectivity index (χ0v) is 17.3. The van der Waals surface area contributed by atoms with Crippen molar-refractivity contribution in [3.05, 3.63) is 46.8 Å². The molecule has 0 amide bonds. The summed E-state index contributed by atoms with van der Waals surface area (Å²) < 4.78 is 21.8. The van der Waals surface area contributed by atoms with E-state index in [0.717, 1.165) is 55.3 Å². The highest BCUT2D eigenvalue weighted by molar-refractivity contribution is 7.83. The van der Waals surface area contributed by atoms with Crippen LogP contribution in [0.5, 0.6) is 10.8 Å². The standard InChI is InChI=1S/C21H23N3O2S2/c22-15-19-11-12-21(27-19)26-18-9-7-16(8-10-18)3-1-4-17-5-2-6-20-23-28(25)14-13-24(17)20/h7-12,17H,1-6,13-14H2. The van der Waals surface area contributed by atoms with E-state index in [1.165, 1.54) is 23.3 Å². The van der Waals surface area contributed by atoms with Gasteiger partial charge in [0.2, 0.25) is 0 Å². The summed E-state index contributed by atoms with van der Waals surface area (Å²) in [7, 11) is -1.01. The molecule has 1 aromatic carbocycles. The molecule has 0 N–H and O–H groups in total. The number of rotatable bonds is 6. The molecule has 0 aliphatic carbocycles. The first kappa shape index (κ1) is 19.2. The average molecular weight is 414 g/mol. The summed E-state index contributed by atoms with van der Waals surface area (Å²) in [6, 6.07) is 14.5. The highest BCUT2D eigenvalue weighted by Gasteiger charge is 2.29. The number of hydrogen-bond acceptors (Lipinski definition) is 5. The van der Waals surface area contributed by atoms with Gasteiger partial charge in [-0.1, -0.05) is 23.5 Å². The van der Waals surface area contributed by atoms with Gasteiger partial charge in [0, 0.05) is 19.0 Å². The Morgan fingerprint density at radius 3 is 2.93 bits per heavy atom. The van der Waals surface area contributed by atoms with Crippen molar-refractivity contribution < 1.29 is 8.95 Å². The van der Waals surface area contributed by atoms with E-state index in [1.54, 1.807) is 6.07 Å². The number of nitrogens with zero attached hydrogens (tertiary/aromatic N) is 3. The molecule has 1 aromatic heterocycles. The normalized spacial score (nSPS) is 21.5. The van der Waals surface area contributed by atoms with Gasteiger partial charge in [-0.2, -0.15) is 9.66 Å². The molecule has 7 heteroatoms. The first-order chi connectivity index (χ1) is 13.7. The molecule has 0 saturated carbocycles. The van der Waals surface area contributed by atoms with Crippen molar-refractivity contribution in [1.29, 1.82) is 5.26 Å². The summed E-state index contributed by atoms with van der Waals surface area (Å²) in [5.41, 5.74) is 1.31. The van der Waals surface area contributed by atoms with Crippen molar-refractivity contribution in [3.63, 3.8) is 0 Å². The van der Waals surface area contributed by atoms with Crippen LogP contribution >= 0.6 is 11.3 Å². The van der Waals surface area contributed by atoms with Gasteiger partial charge in [0.15, 0.2) is 5.06 Å². The minimum absolute atomic E-state index is 0.542. The number of hydrogen-bond donors (Lipinski definition) is 0. The molecule has 146 valence electrons. The van der Waals surface area contributed by atoms with E-state index in [2.05, 4.69) is 27.5 Å². The minimum Gasteiger partial charge on any atom is -0.447 e. The van der Waals surface area contributed by atoms with Crippen molar-refractivity contribution in [1.82, 2.24) is 4.90 Å². The van der Waals surface area contributed by atoms with Gasteiger partial charge in [-0.3, -0.25) is 0 Å². The lowest BCUT2D eigenvalue weighted by atomic mass is 9.95. The van der Waals surface area contributed by atoms with Gasteiger partial charge in [0.05, 0.1) is 5.75 Å². The van der Waals surface area contributed by atoms with Gasteiger partial charge in [0.25, 0.3) is 0 Å². The number of thiophene rings is 1. The number of piperidine rings is 1. The van der Waals surface area contributed by atoms with Crippen molar-refractivity contribution in [2.24, 2.45) is 4.40 Å². The lowest BCUT2D eigenvalue weighted by Crippen LogP contribution is -2.47. The predicted octanol–water partition coefficient (Wildman–Crippen LogP) is 4.67. The average Bonchev–Trinajstić information content (AvgIpc) is 3.17. The van der Waals surface area contributed by atoms with Crippen molar-refractivity contribution in [2.75, 3.05) is 12.3 Å². The summed E-state index contributed by atoms with van der Waals surface area (Å²) in [4.78, 5) is 3.06. The highest BCUT2D eigenvalue weighted by Crippen LogP contribution is 2.30. The number of ether oxygens (including phenoxy) is 1. The summed E-state index contributed by atoms with van der Waals surface area (Å²) in [5.74, 6) is 2.53. The third-order valence-electron chi connectivity index (χ3n) is 5.26. The van der Waals surface area contributed by atoms with Gasteiger partial charge in [-0.15, -0.1) is 0 Å². The number of nitriles is 1. The molecule has 5 nitrogen and oxygen atoms in total. The van der Waals surface area contributed by atoms with Crippen molar-refractivity contribution >= 4 is 28.2 Å². The van der Waals surface area contributed by atoms with Gasteiger partial charge >= 0.3 is 0 Å². The van der Waals surface area contributed by atoms with Gasteiger partial charge in [-0.05, 0) is 61.9 Å². The maximum Gasteiger partial charge on any atom is 0.182 e. The summed E-state index contributed by atoms with van der Waals surface area (Å²) >= 11 is 1.35. The number of aryl methyl sites for hydroxylation is 1. The Labute approximate surface area is 172 Å². The van der Waals surface area contributed by atoms with Crippen LogP contribution in [-0.4, -0.2) is 33.3 Å². The first-order valence-corrected chi connectivity index (χ1v) is 11.8. The second-order valence-electron chi connectivity index (χ2n) is 7.14. The molecule has 4 rings (SSSR count). The Morgan fingerprint density at radius 1 is 1.29 bits per heavy atom. The second kappa shape index (κ2) is 8.89. The highest BCUT2D eigenvalue weighted by atomic mass is 32.2. The Kier molecular flexibility index (Phi) is 6.08. The maximum absolute atomic E-state index is 11.7. The molecular weight excluding hydrogens is 390 g/mol. The monoisotopic (exact) mass is 413 g/mol. The minimum atomic E-state index is -1.01. The Balaban J connectivity index is 1.27. The number of benzene rings is 1. The number of fused-ring (bicyclic) bond motifs is 1. The van der Waals surface area contributed by atoms with Crippen LogP contribution in [0.15, 0.2) is 40.8 Å². The molecule has 2 unspecified atom stereocenters. The van der Waals surface area contributed by atoms with Crippen LogP contribution in [0.2, 0.25) is 0 Å². The fraction of sp³-hybridized carbons (Fsp3) is 0.429. The quantitative estimate of drug-likeness (QED) is 0.690. The Hall–Kier alpha value is -2.17. The molecular formula is C21H23N3O2S2. The molecule has 28 heavy (non-hydrogen) atoms. The van der Waals surface area contributed by atoms with E-state index in [0.29, 0.717) is 16.7 Å². The molecule has 0 spiro atoms. The summed E-state index contributed by atoms with van der Waals surface area (Å²) in [5, 5.41) is 9.62. The van der Waals surface area contributed by atoms with Crippen LogP contribution in [0.25, 0.3) is 0 Å². The Morgan fingerprint density at radius 2 is 2.14 bits per heavy atom. The fourth-order valence-electron chi connectivity index (χ4n) is 3.87. The number of amidine groups is 1. The second-order valence-corrected chi connectivity index (χ2v) is 9.42. The van der Waals surface area contributed by atoms with Crippen molar-refractivity contribution in [3.8, 4) is 16.9 Å². The fourth-order valence-corrected chi connectivity index (χ4v) is 5.42. The summed E-state index contributed by atoms with van der Waals surface area (Å²) in [6.45, 7) is 0.887. The smallest absolute Gasteiger partial charge is 0.182 e. The zero-order valence-electron chi connectivity index (χ0n) is 15.7. The largest absolute Gasteiger partial charge is 0.447 e.